The highest BCUT2D eigenvalue weighted by molar-refractivity contribution is 5.85. The Morgan fingerprint density at radius 1 is 1.32 bits per heavy atom. The molecule has 0 heterocycles. The lowest BCUT2D eigenvalue weighted by Gasteiger charge is -2.14. The Bertz CT molecular complexity index is 462. The molecule has 3 N–H and O–H groups in total. The average Bonchev–Trinajstić information content (AvgIpc) is 2.41. The van der Waals surface area contributed by atoms with Crippen molar-refractivity contribution in [1.82, 2.24) is 5.32 Å². The van der Waals surface area contributed by atoms with Crippen molar-refractivity contribution in [3.8, 4) is 5.75 Å². The van der Waals surface area contributed by atoms with E-state index in [9.17, 15) is 4.79 Å². The van der Waals surface area contributed by atoms with Crippen LogP contribution in [0.15, 0.2) is 18.2 Å². The van der Waals surface area contributed by atoms with Crippen LogP contribution in [0, 0.1) is 12.8 Å². The summed E-state index contributed by atoms with van der Waals surface area (Å²) >= 11 is 0. The number of rotatable bonds is 8. The number of benzene rings is 1. The molecule has 22 heavy (non-hydrogen) atoms. The van der Waals surface area contributed by atoms with Gasteiger partial charge in [0, 0.05) is 12.1 Å². The molecule has 0 aliphatic heterocycles. The van der Waals surface area contributed by atoms with Gasteiger partial charge < -0.3 is 15.8 Å². The summed E-state index contributed by atoms with van der Waals surface area (Å²) in [5, 5.41) is 2.82. The first-order valence-corrected chi connectivity index (χ1v) is 7.65. The van der Waals surface area contributed by atoms with Gasteiger partial charge in [-0.05, 0) is 44.2 Å². The summed E-state index contributed by atoms with van der Waals surface area (Å²) in [6.45, 7) is 9.28. The van der Waals surface area contributed by atoms with Gasteiger partial charge in [-0.1, -0.05) is 26.0 Å². The first-order chi connectivity index (χ1) is 9.90. The molecule has 0 radical (unpaired) electrons. The highest BCUT2D eigenvalue weighted by atomic mass is 35.5. The summed E-state index contributed by atoms with van der Waals surface area (Å²) in [6.07, 6.45) is 2.19. The zero-order valence-electron chi connectivity index (χ0n) is 14.0. The van der Waals surface area contributed by atoms with Crippen molar-refractivity contribution < 1.29 is 9.53 Å². The summed E-state index contributed by atoms with van der Waals surface area (Å²) in [5.74, 6) is 1.39. The van der Waals surface area contributed by atoms with E-state index < -0.39 is 6.04 Å². The van der Waals surface area contributed by atoms with E-state index in [0.29, 0.717) is 19.1 Å². The van der Waals surface area contributed by atoms with Gasteiger partial charge in [-0.2, -0.15) is 0 Å². The highest BCUT2D eigenvalue weighted by Gasteiger charge is 2.09. The molecule has 0 spiro atoms. The number of aryl methyl sites for hydroxylation is 1. The summed E-state index contributed by atoms with van der Waals surface area (Å²) in [5.41, 5.74) is 7.68. The predicted octanol–water partition coefficient (Wildman–Crippen LogP) is 3.20. The molecule has 0 aliphatic carbocycles. The van der Waals surface area contributed by atoms with Crippen LogP contribution in [0.3, 0.4) is 0 Å². The van der Waals surface area contributed by atoms with Crippen LogP contribution < -0.4 is 15.8 Å². The fraction of sp³-hybridized carbons (Fsp3) is 0.588. The fourth-order valence-electron chi connectivity index (χ4n) is 1.96. The number of amides is 1. The largest absolute Gasteiger partial charge is 0.493 e. The standard InChI is InChI=1S/C17H28N2O2.ClH/c1-12(2)6-5-9-21-16-10-13(3)7-8-15(16)11-19-17(20)14(4)18;/h7-8,10,12,14H,5-6,9,11,18H2,1-4H3,(H,19,20);1H/t14-;/m0./s1. The summed E-state index contributed by atoms with van der Waals surface area (Å²) in [4.78, 5) is 11.6. The number of nitrogens with two attached hydrogens (primary N) is 1. The molecule has 1 amide bonds. The second-order valence-electron chi connectivity index (χ2n) is 6.00. The second-order valence-corrected chi connectivity index (χ2v) is 6.00. The fourth-order valence-corrected chi connectivity index (χ4v) is 1.96. The summed E-state index contributed by atoms with van der Waals surface area (Å²) in [6, 6.07) is 5.54. The third kappa shape index (κ3) is 7.66. The van der Waals surface area contributed by atoms with Gasteiger partial charge in [0.2, 0.25) is 5.91 Å². The Kier molecular flexibility index (Phi) is 9.86. The van der Waals surface area contributed by atoms with Crippen molar-refractivity contribution in [2.75, 3.05) is 6.61 Å². The molecule has 1 aromatic carbocycles. The van der Waals surface area contributed by atoms with Crippen LogP contribution in [0.1, 0.15) is 44.7 Å². The topological polar surface area (TPSA) is 64.4 Å². The van der Waals surface area contributed by atoms with Crippen LogP contribution in [0.25, 0.3) is 0 Å². The number of carbonyl (C=O) groups excluding carboxylic acids is 1. The molecule has 0 aromatic heterocycles. The Hall–Kier alpha value is -1.26. The number of halogens is 1. The van der Waals surface area contributed by atoms with Gasteiger partial charge in [-0.25, -0.2) is 0 Å². The maximum Gasteiger partial charge on any atom is 0.236 e. The van der Waals surface area contributed by atoms with Gasteiger partial charge in [0.1, 0.15) is 5.75 Å². The molecule has 0 saturated carbocycles. The first kappa shape index (κ1) is 20.7. The molecule has 0 saturated heterocycles. The van der Waals surface area contributed by atoms with E-state index in [1.54, 1.807) is 6.92 Å². The molecule has 1 atom stereocenters. The zero-order valence-corrected chi connectivity index (χ0v) is 14.8. The summed E-state index contributed by atoms with van der Waals surface area (Å²) in [7, 11) is 0. The smallest absolute Gasteiger partial charge is 0.236 e. The quantitative estimate of drug-likeness (QED) is 0.720. The number of nitrogens with one attached hydrogen (secondary N) is 1. The lowest BCUT2D eigenvalue weighted by molar-refractivity contribution is -0.122. The van der Waals surface area contributed by atoms with Crippen LogP contribution >= 0.6 is 12.4 Å². The maximum absolute atomic E-state index is 11.6. The predicted molar refractivity (Wildman–Crippen MR) is 93.5 cm³/mol. The van der Waals surface area contributed by atoms with E-state index in [-0.39, 0.29) is 18.3 Å². The van der Waals surface area contributed by atoms with Gasteiger partial charge in [-0.3, -0.25) is 4.79 Å². The Balaban J connectivity index is 0.00000441. The highest BCUT2D eigenvalue weighted by Crippen LogP contribution is 2.21. The molecule has 1 aromatic rings. The van der Waals surface area contributed by atoms with E-state index in [1.807, 2.05) is 25.1 Å². The zero-order chi connectivity index (χ0) is 15.8. The van der Waals surface area contributed by atoms with Crippen LogP contribution in [-0.4, -0.2) is 18.6 Å². The van der Waals surface area contributed by atoms with E-state index in [0.717, 1.165) is 29.7 Å². The van der Waals surface area contributed by atoms with Crippen LogP contribution in [-0.2, 0) is 11.3 Å². The third-order valence-electron chi connectivity index (χ3n) is 3.27. The molecular formula is C17H29ClN2O2. The number of hydrogen-bond donors (Lipinski definition) is 2. The summed E-state index contributed by atoms with van der Waals surface area (Å²) < 4.78 is 5.88. The normalized spacial score (nSPS) is 11.7. The lowest BCUT2D eigenvalue weighted by Crippen LogP contribution is -2.37. The first-order valence-electron chi connectivity index (χ1n) is 7.65. The minimum Gasteiger partial charge on any atom is -0.493 e. The van der Waals surface area contributed by atoms with E-state index in [2.05, 4.69) is 19.2 Å². The van der Waals surface area contributed by atoms with Gasteiger partial charge in [0.15, 0.2) is 0 Å². The van der Waals surface area contributed by atoms with Gasteiger partial charge >= 0.3 is 0 Å². The van der Waals surface area contributed by atoms with E-state index >= 15 is 0 Å². The lowest BCUT2D eigenvalue weighted by atomic mass is 10.1. The molecule has 0 aliphatic rings. The van der Waals surface area contributed by atoms with Gasteiger partial charge in [0.25, 0.3) is 0 Å². The molecule has 5 heteroatoms. The number of carbonyl (C=O) groups is 1. The van der Waals surface area contributed by atoms with Crippen molar-refractivity contribution in [1.29, 1.82) is 0 Å². The molecule has 0 unspecified atom stereocenters. The van der Waals surface area contributed by atoms with E-state index in [4.69, 9.17) is 10.5 Å². The minimum absolute atomic E-state index is 0. The Morgan fingerprint density at radius 2 is 2.00 bits per heavy atom. The van der Waals surface area contributed by atoms with Crippen molar-refractivity contribution in [3.05, 3.63) is 29.3 Å². The van der Waals surface area contributed by atoms with Crippen LogP contribution in [0.4, 0.5) is 0 Å². The molecule has 0 fully saturated rings. The van der Waals surface area contributed by atoms with Crippen molar-refractivity contribution in [2.45, 2.75) is 53.1 Å². The minimum atomic E-state index is -0.495. The van der Waals surface area contributed by atoms with Crippen molar-refractivity contribution in [2.24, 2.45) is 11.7 Å². The van der Waals surface area contributed by atoms with Gasteiger partial charge in [-0.15, -0.1) is 12.4 Å². The average molecular weight is 329 g/mol. The van der Waals surface area contributed by atoms with Crippen LogP contribution in [0.5, 0.6) is 5.75 Å². The second kappa shape index (κ2) is 10.5. The van der Waals surface area contributed by atoms with Gasteiger partial charge in [0.05, 0.1) is 12.6 Å². The van der Waals surface area contributed by atoms with Crippen molar-refractivity contribution in [3.63, 3.8) is 0 Å². The van der Waals surface area contributed by atoms with E-state index in [1.165, 1.54) is 0 Å². The molecule has 4 nitrogen and oxygen atoms in total. The number of ether oxygens (including phenoxy) is 1. The maximum atomic E-state index is 11.6. The molecular weight excluding hydrogens is 300 g/mol. The molecule has 0 bridgehead atoms. The van der Waals surface area contributed by atoms with Crippen LogP contribution in [0.2, 0.25) is 0 Å². The van der Waals surface area contributed by atoms with Crippen molar-refractivity contribution >= 4 is 18.3 Å². The monoisotopic (exact) mass is 328 g/mol. The molecule has 126 valence electrons. The molecule has 1 rings (SSSR count). The Labute approximate surface area is 140 Å². The SMILES string of the molecule is Cc1ccc(CNC(=O)[C@H](C)N)c(OCCCC(C)C)c1.Cl. The third-order valence-corrected chi connectivity index (χ3v) is 3.27. The Morgan fingerprint density at radius 3 is 2.59 bits per heavy atom. The number of hydrogen-bond acceptors (Lipinski definition) is 3.